The summed E-state index contributed by atoms with van der Waals surface area (Å²) in [4.78, 5) is 8.35. The number of hydrazine groups is 1. The SMILES string of the molecule is NNc1ncc(Br)c(SC2CCCC2)n1. The van der Waals surface area contributed by atoms with E-state index in [-0.39, 0.29) is 0 Å². The Bertz CT molecular complexity index is 341. The molecule has 6 heteroatoms. The van der Waals surface area contributed by atoms with E-state index in [4.69, 9.17) is 5.84 Å². The fourth-order valence-electron chi connectivity index (χ4n) is 1.67. The highest BCUT2D eigenvalue weighted by Crippen LogP contribution is 2.36. The van der Waals surface area contributed by atoms with Gasteiger partial charge in [-0.05, 0) is 28.8 Å². The number of nitrogen functional groups attached to an aromatic ring is 1. The first-order valence-electron chi connectivity index (χ1n) is 4.95. The summed E-state index contributed by atoms with van der Waals surface area (Å²) in [5.41, 5.74) is 2.46. The summed E-state index contributed by atoms with van der Waals surface area (Å²) < 4.78 is 0.943. The van der Waals surface area contributed by atoms with Gasteiger partial charge < -0.3 is 0 Å². The van der Waals surface area contributed by atoms with Gasteiger partial charge in [-0.1, -0.05) is 12.8 Å². The van der Waals surface area contributed by atoms with Crippen LogP contribution in [0.5, 0.6) is 0 Å². The van der Waals surface area contributed by atoms with Gasteiger partial charge in [0.1, 0.15) is 5.03 Å². The second-order valence-corrected chi connectivity index (χ2v) is 5.66. The van der Waals surface area contributed by atoms with Crippen LogP contribution in [0.2, 0.25) is 0 Å². The molecule has 0 unspecified atom stereocenters. The van der Waals surface area contributed by atoms with E-state index in [9.17, 15) is 0 Å². The molecular weight excluding hydrogens is 276 g/mol. The first-order chi connectivity index (χ1) is 7.29. The Morgan fingerprint density at radius 1 is 1.47 bits per heavy atom. The predicted octanol–water partition coefficient (Wildman–Crippen LogP) is 2.56. The molecule has 0 atom stereocenters. The van der Waals surface area contributed by atoms with Gasteiger partial charge in [0.25, 0.3) is 0 Å². The van der Waals surface area contributed by atoms with Gasteiger partial charge in [-0.3, -0.25) is 5.43 Å². The summed E-state index contributed by atoms with van der Waals surface area (Å²) in [6, 6.07) is 0. The van der Waals surface area contributed by atoms with Crippen LogP contribution in [0.25, 0.3) is 0 Å². The lowest BCUT2D eigenvalue weighted by atomic mass is 10.4. The third kappa shape index (κ3) is 2.83. The Hall–Kier alpha value is -0.330. The molecule has 3 N–H and O–H groups in total. The molecule has 82 valence electrons. The van der Waals surface area contributed by atoms with Gasteiger partial charge >= 0.3 is 0 Å². The molecule has 0 radical (unpaired) electrons. The number of nitrogens with zero attached hydrogens (tertiary/aromatic N) is 2. The lowest BCUT2D eigenvalue weighted by molar-refractivity contribution is 0.886. The Labute approximate surface area is 102 Å². The molecule has 1 saturated carbocycles. The van der Waals surface area contributed by atoms with Crippen LogP contribution in [-0.4, -0.2) is 15.2 Å². The number of halogens is 1. The maximum Gasteiger partial charge on any atom is 0.238 e. The number of hydrogen-bond donors (Lipinski definition) is 2. The molecular formula is C9H13BrN4S. The van der Waals surface area contributed by atoms with E-state index in [1.807, 2.05) is 11.8 Å². The minimum atomic E-state index is 0.471. The molecule has 15 heavy (non-hydrogen) atoms. The topological polar surface area (TPSA) is 63.8 Å². The molecule has 0 bridgehead atoms. The maximum atomic E-state index is 5.28. The van der Waals surface area contributed by atoms with Gasteiger partial charge in [0, 0.05) is 11.4 Å². The van der Waals surface area contributed by atoms with Crippen molar-refractivity contribution in [2.45, 2.75) is 36.0 Å². The molecule has 0 aromatic carbocycles. The van der Waals surface area contributed by atoms with E-state index in [1.54, 1.807) is 6.20 Å². The van der Waals surface area contributed by atoms with Crippen LogP contribution in [-0.2, 0) is 0 Å². The zero-order valence-corrected chi connectivity index (χ0v) is 10.6. The van der Waals surface area contributed by atoms with Crippen LogP contribution in [0.3, 0.4) is 0 Å². The van der Waals surface area contributed by atoms with E-state index in [1.165, 1.54) is 25.7 Å². The molecule has 1 aromatic rings. The number of hydrogen-bond acceptors (Lipinski definition) is 5. The number of anilines is 1. The average molecular weight is 289 g/mol. The van der Waals surface area contributed by atoms with E-state index >= 15 is 0 Å². The smallest absolute Gasteiger partial charge is 0.238 e. The highest BCUT2D eigenvalue weighted by Gasteiger charge is 2.18. The second-order valence-electron chi connectivity index (χ2n) is 3.52. The minimum absolute atomic E-state index is 0.471. The van der Waals surface area contributed by atoms with Crippen LogP contribution in [0, 0.1) is 0 Å². The number of nitrogens with two attached hydrogens (primary N) is 1. The minimum Gasteiger partial charge on any atom is -0.292 e. The zero-order chi connectivity index (χ0) is 10.7. The Balaban J connectivity index is 2.11. The lowest BCUT2D eigenvalue weighted by Gasteiger charge is -2.09. The van der Waals surface area contributed by atoms with Gasteiger partial charge in [-0.25, -0.2) is 15.8 Å². The van der Waals surface area contributed by atoms with Gasteiger partial charge in [0.05, 0.1) is 4.47 Å². The van der Waals surface area contributed by atoms with Crippen molar-refractivity contribution in [1.82, 2.24) is 9.97 Å². The van der Waals surface area contributed by atoms with Crippen molar-refractivity contribution in [2.24, 2.45) is 5.84 Å². The van der Waals surface area contributed by atoms with Crippen molar-refractivity contribution in [2.75, 3.05) is 5.43 Å². The standard InChI is InChI=1S/C9H13BrN4S/c10-7-5-12-9(14-11)13-8(7)15-6-3-1-2-4-6/h5-6H,1-4,11H2,(H,12,13,14). The Morgan fingerprint density at radius 3 is 2.87 bits per heavy atom. The molecule has 1 aliphatic carbocycles. The first kappa shape index (κ1) is 11.2. The van der Waals surface area contributed by atoms with Crippen LogP contribution >= 0.6 is 27.7 Å². The number of aromatic nitrogens is 2. The average Bonchev–Trinajstić information content (AvgIpc) is 2.74. The van der Waals surface area contributed by atoms with Crippen molar-refractivity contribution in [3.63, 3.8) is 0 Å². The Kier molecular flexibility index (Phi) is 3.82. The van der Waals surface area contributed by atoms with Crippen LogP contribution in [0.15, 0.2) is 15.7 Å². The maximum absolute atomic E-state index is 5.28. The first-order valence-corrected chi connectivity index (χ1v) is 6.62. The fraction of sp³-hybridized carbons (Fsp3) is 0.556. The molecule has 1 fully saturated rings. The largest absolute Gasteiger partial charge is 0.292 e. The molecule has 1 heterocycles. The van der Waals surface area contributed by atoms with Gasteiger partial charge in [-0.15, -0.1) is 11.8 Å². The molecule has 1 aliphatic rings. The number of nitrogens with one attached hydrogen (secondary N) is 1. The summed E-state index contributed by atoms with van der Waals surface area (Å²) in [5, 5.41) is 1.67. The van der Waals surface area contributed by atoms with Crippen LogP contribution < -0.4 is 11.3 Å². The van der Waals surface area contributed by atoms with Crippen LogP contribution in [0.4, 0.5) is 5.95 Å². The van der Waals surface area contributed by atoms with Gasteiger partial charge in [0.15, 0.2) is 0 Å². The van der Waals surface area contributed by atoms with Crippen LogP contribution in [0.1, 0.15) is 25.7 Å². The summed E-state index contributed by atoms with van der Waals surface area (Å²) in [6.45, 7) is 0. The van der Waals surface area contributed by atoms with Gasteiger partial charge in [-0.2, -0.15) is 0 Å². The monoisotopic (exact) mass is 288 g/mol. The molecule has 1 aromatic heterocycles. The molecule has 4 nitrogen and oxygen atoms in total. The summed E-state index contributed by atoms with van der Waals surface area (Å²) in [6.07, 6.45) is 6.98. The van der Waals surface area contributed by atoms with Crippen molar-refractivity contribution in [3.05, 3.63) is 10.7 Å². The van der Waals surface area contributed by atoms with E-state index in [2.05, 4.69) is 31.3 Å². The van der Waals surface area contributed by atoms with Gasteiger partial charge in [0.2, 0.25) is 5.95 Å². The molecule has 0 amide bonds. The summed E-state index contributed by atoms with van der Waals surface area (Å²) in [7, 11) is 0. The molecule has 0 aliphatic heterocycles. The van der Waals surface area contributed by atoms with E-state index < -0.39 is 0 Å². The molecule has 2 rings (SSSR count). The highest BCUT2D eigenvalue weighted by atomic mass is 79.9. The summed E-state index contributed by atoms with van der Waals surface area (Å²) >= 11 is 5.27. The highest BCUT2D eigenvalue weighted by molar-refractivity contribution is 9.10. The number of rotatable bonds is 3. The normalized spacial score (nSPS) is 16.9. The predicted molar refractivity (Wildman–Crippen MR) is 65.7 cm³/mol. The number of thioether (sulfide) groups is 1. The zero-order valence-electron chi connectivity index (χ0n) is 8.24. The van der Waals surface area contributed by atoms with Crippen molar-refractivity contribution in [1.29, 1.82) is 0 Å². The second kappa shape index (κ2) is 5.14. The van der Waals surface area contributed by atoms with Crippen molar-refractivity contribution >= 4 is 33.6 Å². The Morgan fingerprint density at radius 2 is 2.20 bits per heavy atom. The van der Waals surface area contributed by atoms with Crippen molar-refractivity contribution in [3.8, 4) is 0 Å². The van der Waals surface area contributed by atoms with E-state index in [0.29, 0.717) is 11.2 Å². The molecule has 0 spiro atoms. The van der Waals surface area contributed by atoms with E-state index in [0.717, 1.165) is 9.50 Å². The third-order valence-electron chi connectivity index (χ3n) is 2.42. The fourth-order valence-corrected chi connectivity index (χ4v) is 3.33. The quantitative estimate of drug-likeness (QED) is 0.508. The summed E-state index contributed by atoms with van der Waals surface area (Å²) in [5.74, 6) is 5.75. The van der Waals surface area contributed by atoms with Crippen molar-refractivity contribution < 1.29 is 0 Å². The molecule has 0 saturated heterocycles. The third-order valence-corrected chi connectivity index (χ3v) is 4.60. The lowest BCUT2D eigenvalue weighted by Crippen LogP contribution is -2.11.